The topological polar surface area (TPSA) is 46.3 Å². The van der Waals surface area contributed by atoms with Gasteiger partial charge < -0.3 is 10.6 Å². The summed E-state index contributed by atoms with van der Waals surface area (Å²) in [5.41, 5.74) is 6.30. The van der Waals surface area contributed by atoms with Gasteiger partial charge in [0.25, 0.3) is 0 Å². The molecule has 1 fully saturated rings. The lowest BCUT2D eigenvalue weighted by Gasteiger charge is -2.21. The van der Waals surface area contributed by atoms with E-state index in [2.05, 4.69) is 0 Å². The number of amides is 1. The molecule has 1 aromatic carbocycles. The molecule has 1 amide bonds. The third kappa shape index (κ3) is 3.68. The van der Waals surface area contributed by atoms with Gasteiger partial charge in [0.05, 0.1) is 6.54 Å². The van der Waals surface area contributed by atoms with E-state index in [0.29, 0.717) is 12.6 Å². The molecule has 0 unspecified atom stereocenters. The third-order valence-electron chi connectivity index (χ3n) is 2.75. The molecule has 0 bridgehead atoms. The molecule has 1 saturated carbocycles. The van der Waals surface area contributed by atoms with Crippen molar-refractivity contribution in [3.8, 4) is 0 Å². The maximum absolute atomic E-state index is 12.7. The van der Waals surface area contributed by atoms with Gasteiger partial charge in [0.15, 0.2) is 0 Å². The van der Waals surface area contributed by atoms with E-state index in [9.17, 15) is 9.18 Å². The van der Waals surface area contributed by atoms with Gasteiger partial charge in [-0.05, 0) is 30.5 Å². The SMILES string of the molecule is Cl.NCC(=O)N(Cc1ccc(F)cc1)C1CC1. The number of halogens is 2. The standard InChI is InChI=1S/C12H15FN2O.ClH/c13-10-3-1-9(2-4-10)8-15(11-5-6-11)12(16)7-14;/h1-4,11H,5-8,14H2;1H. The Hall–Kier alpha value is -1.13. The smallest absolute Gasteiger partial charge is 0.236 e. The Morgan fingerprint density at radius 3 is 2.41 bits per heavy atom. The minimum absolute atomic E-state index is 0. The molecule has 94 valence electrons. The molecular weight excluding hydrogens is 243 g/mol. The second-order valence-corrected chi connectivity index (χ2v) is 4.08. The lowest BCUT2D eigenvalue weighted by molar-refractivity contribution is -0.130. The molecule has 0 heterocycles. The number of carbonyl (C=O) groups excluding carboxylic acids is 1. The number of nitrogens with two attached hydrogens (primary N) is 1. The minimum Gasteiger partial charge on any atom is -0.334 e. The van der Waals surface area contributed by atoms with Crippen LogP contribution in [0.4, 0.5) is 4.39 Å². The molecule has 2 rings (SSSR count). The van der Waals surface area contributed by atoms with Crippen LogP contribution < -0.4 is 5.73 Å². The first-order chi connectivity index (χ1) is 7.70. The Morgan fingerprint density at radius 2 is 1.94 bits per heavy atom. The van der Waals surface area contributed by atoms with Gasteiger partial charge in [0.2, 0.25) is 5.91 Å². The van der Waals surface area contributed by atoms with Crippen LogP contribution in [-0.4, -0.2) is 23.4 Å². The summed E-state index contributed by atoms with van der Waals surface area (Å²) in [5.74, 6) is -0.293. The predicted molar refractivity (Wildman–Crippen MR) is 66.3 cm³/mol. The fourth-order valence-corrected chi connectivity index (χ4v) is 1.71. The van der Waals surface area contributed by atoms with Gasteiger partial charge >= 0.3 is 0 Å². The quantitative estimate of drug-likeness (QED) is 0.894. The fraction of sp³-hybridized carbons (Fsp3) is 0.417. The molecule has 3 nitrogen and oxygen atoms in total. The van der Waals surface area contributed by atoms with Crippen LogP contribution in [0.5, 0.6) is 0 Å². The Kier molecular flexibility index (Phi) is 4.90. The van der Waals surface area contributed by atoms with Gasteiger partial charge in [-0.1, -0.05) is 12.1 Å². The summed E-state index contributed by atoms with van der Waals surface area (Å²) in [6.07, 6.45) is 2.10. The summed E-state index contributed by atoms with van der Waals surface area (Å²) in [6, 6.07) is 6.56. The Bertz CT molecular complexity index is 379. The van der Waals surface area contributed by atoms with Gasteiger partial charge in [0.1, 0.15) is 5.82 Å². The van der Waals surface area contributed by atoms with E-state index >= 15 is 0 Å². The third-order valence-corrected chi connectivity index (χ3v) is 2.75. The first-order valence-corrected chi connectivity index (χ1v) is 5.44. The van der Waals surface area contributed by atoms with Crippen LogP contribution in [0.25, 0.3) is 0 Å². The molecule has 1 aliphatic rings. The van der Waals surface area contributed by atoms with Gasteiger partial charge in [-0.25, -0.2) is 4.39 Å². The molecule has 1 aliphatic carbocycles. The Balaban J connectivity index is 0.00000144. The highest BCUT2D eigenvalue weighted by Gasteiger charge is 2.31. The summed E-state index contributed by atoms with van der Waals surface area (Å²) in [5, 5.41) is 0. The Labute approximate surface area is 106 Å². The van der Waals surface area contributed by atoms with Crippen molar-refractivity contribution >= 4 is 18.3 Å². The maximum atomic E-state index is 12.7. The molecule has 0 aromatic heterocycles. The second kappa shape index (κ2) is 5.98. The zero-order chi connectivity index (χ0) is 11.5. The van der Waals surface area contributed by atoms with Gasteiger partial charge in [-0.3, -0.25) is 4.79 Å². The summed E-state index contributed by atoms with van der Waals surface area (Å²) >= 11 is 0. The highest BCUT2D eigenvalue weighted by molar-refractivity contribution is 5.85. The molecule has 0 radical (unpaired) electrons. The van der Waals surface area contributed by atoms with Crippen molar-refractivity contribution in [1.29, 1.82) is 0 Å². The van der Waals surface area contributed by atoms with Crippen LogP contribution in [-0.2, 0) is 11.3 Å². The van der Waals surface area contributed by atoms with Crippen LogP contribution in [0.2, 0.25) is 0 Å². The zero-order valence-corrected chi connectivity index (χ0v) is 10.3. The normalized spacial score (nSPS) is 14.0. The molecule has 0 spiro atoms. The molecule has 17 heavy (non-hydrogen) atoms. The van der Waals surface area contributed by atoms with Gasteiger partial charge in [-0.15, -0.1) is 12.4 Å². The van der Waals surface area contributed by atoms with Crippen molar-refractivity contribution in [2.24, 2.45) is 5.73 Å². The van der Waals surface area contributed by atoms with Crippen LogP contribution >= 0.6 is 12.4 Å². The van der Waals surface area contributed by atoms with E-state index in [1.807, 2.05) is 0 Å². The van der Waals surface area contributed by atoms with Crippen LogP contribution in [0.15, 0.2) is 24.3 Å². The summed E-state index contributed by atoms with van der Waals surface area (Å²) in [7, 11) is 0. The first-order valence-electron chi connectivity index (χ1n) is 5.44. The van der Waals surface area contributed by atoms with Gasteiger partial charge in [-0.2, -0.15) is 0 Å². The number of hydrogen-bond acceptors (Lipinski definition) is 2. The van der Waals surface area contributed by atoms with Gasteiger partial charge in [0, 0.05) is 12.6 Å². The van der Waals surface area contributed by atoms with E-state index in [-0.39, 0.29) is 30.7 Å². The largest absolute Gasteiger partial charge is 0.334 e. The van der Waals surface area contributed by atoms with E-state index in [1.165, 1.54) is 12.1 Å². The number of rotatable bonds is 4. The average Bonchev–Trinajstić information content (AvgIpc) is 3.11. The van der Waals surface area contributed by atoms with Crippen molar-refractivity contribution in [3.63, 3.8) is 0 Å². The van der Waals surface area contributed by atoms with Crippen molar-refractivity contribution in [2.45, 2.75) is 25.4 Å². The molecule has 0 saturated heterocycles. The van der Waals surface area contributed by atoms with Crippen molar-refractivity contribution in [3.05, 3.63) is 35.6 Å². The minimum atomic E-state index is -0.258. The maximum Gasteiger partial charge on any atom is 0.236 e. The highest BCUT2D eigenvalue weighted by atomic mass is 35.5. The second-order valence-electron chi connectivity index (χ2n) is 4.08. The van der Waals surface area contributed by atoms with Crippen LogP contribution in [0.3, 0.4) is 0 Å². The highest BCUT2D eigenvalue weighted by Crippen LogP contribution is 2.28. The molecule has 0 aliphatic heterocycles. The summed E-state index contributed by atoms with van der Waals surface area (Å²) in [6.45, 7) is 0.568. The number of nitrogens with zero attached hydrogens (tertiary/aromatic N) is 1. The van der Waals surface area contributed by atoms with Crippen LogP contribution in [0, 0.1) is 5.82 Å². The lowest BCUT2D eigenvalue weighted by atomic mass is 10.2. The molecule has 2 N–H and O–H groups in total. The number of hydrogen-bond donors (Lipinski definition) is 1. The Morgan fingerprint density at radius 1 is 1.35 bits per heavy atom. The summed E-state index contributed by atoms with van der Waals surface area (Å²) in [4.78, 5) is 13.4. The summed E-state index contributed by atoms with van der Waals surface area (Å²) < 4.78 is 12.7. The van der Waals surface area contributed by atoms with Crippen LogP contribution in [0.1, 0.15) is 18.4 Å². The van der Waals surface area contributed by atoms with Crippen molar-refractivity contribution < 1.29 is 9.18 Å². The van der Waals surface area contributed by atoms with Crippen molar-refractivity contribution in [2.75, 3.05) is 6.54 Å². The molecule has 0 atom stereocenters. The zero-order valence-electron chi connectivity index (χ0n) is 9.43. The predicted octanol–water partition coefficient (Wildman–Crippen LogP) is 1.70. The molecular formula is C12H16ClFN2O. The lowest BCUT2D eigenvalue weighted by Crippen LogP contribution is -2.37. The first kappa shape index (κ1) is 13.9. The van der Waals surface area contributed by atoms with E-state index < -0.39 is 0 Å². The van der Waals surface area contributed by atoms with E-state index in [4.69, 9.17) is 5.73 Å². The number of benzene rings is 1. The number of carbonyl (C=O) groups is 1. The average molecular weight is 259 g/mol. The fourth-order valence-electron chi connectivity index (χ4n) is 1.71. The monoisotopic (exact) mass is 258 g/mol. The molecule has 1 aromatic rings. The molecule has 5 heteroatoms. The van der Waals surface area contributed by atoms with Crippen molar-refractivity contribution in [1.82, 2.24) is 4.90 Å². The van der Waals surface area contributed by atoms with E-state index in [0.717, 1.165) is 18.4 Å². The van der Waals surface area contributed by atoms with E-state index in [1.54, 1.807) is 17.0 Å².